The van der Waals surface area contributed by atoms with Gasteiger partial charge in [-0.05, 0) is 53.2 Å². The third-order valence-electron chi connectivity index (χ3n) is 10.4. The minimum absolute atomic E-state index is 0.664. The van der Waals surface area contributed by atoms with Crippen LogP contribution in [0.1, 0.15) is 0 Å². The monoisotopic (exact) mass is 624 g/mol. The van der Waals surface area contributed by atoms with E-state index in [9.17, 15) is 0 Å². The van der Waals surface area contributed by atoms with Crippen molar-refractivity contribution in [2.75, 3.05) is 0 Å². The molecule has 5 nitrogen and oxygen atoms in total. The molecule has 0 spiro atoms. The minimum atomic E-state index is 0.664. The molecule has 12 aromatic rings. The maximum Gasteiger partial charge on any atom is 0.197 e. The number of rotatable bonds is 2. The van der Waals surface area contributed by atoms with Crippen molar-refractivity contribution in [3.05, 3.63) is 146 Å². The molecular formula is C44H24N4O. The average Bonchev–Trinajstić information content (AvgIpc) is 3.89. The second-order valence-corrected chi connectivity index (χ2v) is 13.0. The van der Waals surface area contributed by atoms with Crippen LogP contribution in [0.25, 0.3) is 110 Å². The summed E-state index contributed by atoms with van der Waals surface area (Å²) in [5, 5.41) is 10.6. The lowest BCUT2D eigenvalue weighted by Gasteiger charge is -2.11. The van der Waals surface area contributed by atoms with Crippen molar-refractivity contribution in [1.82, 2.24) is 18.9 Å². The van der Waals surface area contributed by atoms with Gasteiger partial charge in [0.2, 0.25) is 0 Å². The first kappa shape index (κ1) is 25.4. The molecule has 0 saturated carbocycles. The van der Waals surface area contributed by atoms with Gasteiger partial charge in [0.15, 0.2) is 17.2 Å². The molecule has 12 rings (SSSR count). The third-order valence-corrected chi connectivity index (χ3v) is 10.4. The van der Waals surface area contributed by atoms with Gasteiger partial charge in [-0.3, -0.25) is 4.57 Å². The third kappa shape index (κ3) is 3.19. The van der Waals surface area contributed by atoms with Crippen LogP contribution in [-0.4, -0.2) is 18.9 Å². The number of nitrogens with zero attached hydrogens (tertiary/aromatic N) is 4. The van der Waals surface area contributed by atoms with Gasteiger partial charge in [0.25, 0.3) is 0 Å². The Morgan fingerprint density at radius 3 is 1.96 bits per heavy atom. The molecule has 0 aliphatic heterocycles. The second-order valence-electron chi connectivity index (χ2n) is 13.0. The number of fused-ring (bicyclic) bond motifs is 14. The van der Waals surface area contributed by atoms with Crippen LogP contribution in [0.2, 0.25) is 0 Å². The van der Waals surface area contributed by atoms with E-state index in [-0.39, 0.29) is 0 Å². The summed E-state index contributed by atoms with van der Waals surface area (Å²) >= 11 is 0. The van der Waals surface area contributed by atoms with Crippen molar-refractivity contribution in [1.29, 1.82) is 0 Å². The zero-order valence-corrected chi connectivity index (χ0v) is 26.1. The first-order valence-corrected chi connectivity index (χ1v) is 16.6. The van der Waals surface area contributed by atoms with Crippen molar-refractivity contribution in [2.24, 2.45) is 0 Å². The highest BCUT2D eigenvalue weighted by Gasteiger charge is 2.27. The average molecular weight is 625 g/mol. The van der Waals surface area contributed by atoms with Gasteiger partial charge in [-0.1, -0.05) is 103 Å². The van der Waals surface area contributed by atoms with Crippen molar-refractivity contribution in [3.8, 4) is 17.2 Å². The molecule has 0 amide bonds. The molecule has 5 heterocycles. The normalized spacial score (nSPS) is 12.5. The number of para-hydroxylation sites is 3. The zero-order valence-electron chi connectivity index (χ0n) is 26.1. The van der Waals surface area contributed by atoms with Gasteiger partial charge in [0.05, 0.1) is 27.6 Å². The Morgan fingerprint density at radius 1 is 0.469 bits per heavy atom. The Morgan fingerprint density at radius 2 is 1.12 bits per heavy atom. The van der Waals surface area contributed by atoms with Gasteiger partial charge >= 0.3 is 0 Å². The molecule has 0 aliphatic carbocycles. The fraction of sp³-hybridized carbons (Fsp3) is 0. The molecule has 0 N–H and O–H groups in total. The van der Waals surface area contributed by atoms with E-state index >= 15 is 0 Å². The van der Waals surface area contributed by atoms with Gasteiger partial charge in [-0.15, -0.1) is 0 Å². The van der Waals surface area contributed by atoms with E-state index in [2.05, 4.69) is 118 Å². The Balaban J connectivity index is 1.38. The van der Waals surface area contributed by atoms with E-state index in [1.165, 1.54) is 59.6 Å². The Bertz CT molecular complexity index is 3330. The van der Waals surface area contributed by atoms with Crippen LogP contribution in [0, 0.1) is 0 Å². The molecule has 226 valence electrons. The van der Waals surface area contributed by atoms with Crippen molar-refractivity contribution < 1.29 is 4.42 Å². The van der Waals surface area contributed by atoms with Gasteiger partial charge in [0.1, 0.15) is 11.1 Å². The molecule has 5 aromatic heterocycles. The molecule has 0 atom stereocenters. The molecule has 7 aromatic carbocycles. The summed E-state index contributed by atoms with van der Waals surface area (Å²) in [5.74, 6) is 1.40. The van der Waals surface area contributed by atoms with Crippen molar-refractivity contribution in [2.45, 2.75) is 0 Å². The minimum Gasteiger partial charge on any atom is -0.450 e. The summed E-state index contributed by atoms with van der Waals surface area (Å²) < 4.78 is 11.5. The molecule has 49 heavy (non-hydrogen) atoms. The number of hydrogen-bond acceptors (Lipinski definition) is 3. The molecule has 0 fully saturated rings. The number of furan rings is 1. The van der Waals surface area contributed by atoms with E-state index in [1.807, 2.05) is 36.4 Å². The highest BCUT2D eigenvalue weighted by molar-refractivity contribution is 6.34. The van der Waals surface area contributed by atoms with E-state index in [0.717, 1.165) is 38.9 Å². The van der Waals surface area contributed by atoms with Crippen LogP contribution < -0.4 is 0 Å². The summed E-state index contributed by atoms with van der Waals surface area (Å²) in [7, 11) is 0. The molecule has 0 unspecified atom stereocenters. The maximum absolute atomic E-state index is 6.72. The van der Waals surface area contributed by atoms with E-state index in [1.54, 1.807) is 0 Å². The topological polar surface area (TPSA) is 48.3 Å². The molecule has 5 heteroatoms. The smallest absolute Gasteiger partial charge is 0.197 e. The number of benzene rings is 7. The predicted octanol–water partition coefficient (Wildman–Crippen LogP) is 11.4. The zero-order chi connectivity index (χ0) is 31.8. The molecule has 0 aliphatic rings. The lowest BCUT2D eigenvalue weighted by Crippen LogP contribution is -2.02. The lowest BCUT2D eigenvalue weighted by molar-refractivity contribution is 0.662. The lowest BCUT2D eigenvalue weighted by atomic mass is 10.0. The fourth-order valence-electron chi connectivity index (χ4n) is 8.35. The molecular weight excluding hydrogens is 601 g/mol. The standard InChI is InChI=1S/C44H24N4O/c1-2-12-25(13-3-1)43-45-39-30-18-8-11-21-37(30)49-42(39)44(46-43)48-36-23-27-15-5-4-14-26(27)22-31(36)33-24-32-28-16-6-9-19-34(28)47-35-20-10-7-17-29(35)38(40(32)47)41(33)48/h1-24H. The second kappa shape index (κ2) is 9.00. The highest BCUT2D eigenvalue weighted by Crippen LogP contribution is 2.47. The Kier molecular flexibility index (Phi) is 4.66. The first-order chi connectivity index (χ1) is 24.3. The van der Waals surface area contributed by atoms with Crippen LogP contribution in [0.15, 0.2) is 150 Å². The maximum atomic E-state index is 6.72. The van der Waals surface area contributed by atoms with Gasteiger partial charge in [0, 0.05) is 43.3 Å². The van der Waals surface area contributed by atoms with Gasteiger partial charge < -0.3 is 8.82 Å². The summed E-state index contributed by atoms with van der Waals surface area (Å²) in [5.41, 5.74) is 9.06. The van der Waals surface area contributed by atoms with Gasteiger partial charge in [-0.25, -0.2) is 9.97 Å². The van der Waals surface area contributed by atoms with Crippen molar-refractivity contribution >= 4 is 92.7 Å². The van der Waals surface area contributed by atoms with Crippen LogP contribution >= 0.6 is 0 Å². The highest BCUT2D eigenvalue weighted by atomic mass is 16.3. The Hall–Kier alpha value is -6.72. The number of hydrogen-bond donors (Lipinski definition) is 0. The molecule has 0 saturated heterocycles. The van der Waals surface area contributed by atoms with E-state index in [0.29, 0.717) is 11.4 Å². The van der Waals surface area contributed by atoms with Crippen LogP contribution in [0.4, 0.5) is 0 Å². The SMILES string of the molecule is c1ccc(-c2nc(-n3c4cc5ccccc5cc4c4cc5c6ccccc6n6c7ccccc7c(c43)c56)c3oc4ccccc4c3n2)cc1. The van der Waals surface area contributed by atoms with E-state index < -0.39 is 0 Å². The summed E-state index contributed by atoms with van der Waals surface area (Å²) in [4.78, 5) is 10.6. The number of aromatic nitrogens is 4. The summed E-state index contributed by atoms with van der Waals surface area (Å²) in [6, 6.07) is 51.6. The van der Waals surface area contributed by atoms with Crippen molar-refractivity contribution in [3.63, 3.8) is 0 Å². The molecule has 0 radical (unpaired) electrons. The van der Waals surface area contributed by atoms with Crippen LogP contribution in [0.3, 0.4) is 0 Å². The Labute approximate surface area is 278 Å². The van der Waals surface area contributed by atoms with Crippen LogP contribution in [-0.2, 0) is 0 Å². The van der Waals surface area contributed by atoms with Gasteiger partial charge in [-0.2, -0.15) is 0 Å². The van der Waals surface area contributed by atoms with E-state index in [4.69, 9.17) is 14.4 Å². The quantitative estimate of drug-likeness (QED) is 0.192. The fourth-order valence-corrected chi connectivity index (χ4v) is 8.35. The summed E-state index contributed by atoms with van der Waals surface area (Å²) in [6.07, 6.45) is 0. The molecule has 0 bridgehead atoms. The van der Waals surface area contributed by atoms with Crippen LogP contribution in [0.5, 0.6) is 0 Å². The largest absolute Gasteiger partial charge is 0.450 e. The first-order valence-electron chi connectivity index (χ1n) is 16.6. The predicted molar refractivity (Wildman–Crippen MR) is 201 cm³/mol. The summed E-state index contributed by atoms with van der Waals surface area (Å²) in [6.45, 7) is 0.